The Morgan fingerprint density at radius 1 is 0.123 bits per heavy atom. The van der Waals surface area contributed by atoms with Gasteiger partial charge in [0.05, 0.1) is 66.2 Å². The zero-order valence-corrected chi connectivity index (χ0v) is 76.1. The quantitative estimate of drug-likeness (QED) is 0.152. The Morgan fingerprint density at radius 2 is 0.238 bits per heavy atom. The van der Waals surface area contributed by atoms with Crippen molar-refractivity contribution < 1.29 is 0 Å². The highest BCUT2D eigenvalue weighted by Gasteiger charge is 2.30. The molecule has 610 valence electrons. The predicted octanol–water partition coefficient (Wildman–Crippen LogP) is 32.3. The monoisotopic (exact) mass is 1590 g/mol. The third kappa shape index (κ3) is 12.7. The van der Waals surface area contributed by atoms with Crippen LogP contribution in [0.15, 0.2) is 267 Å². The second kappa shape index (κ2) is 26.7. The van der Waals surface area contributed by atoms with Crippen molar-refractivity contribution in [3.8, 4) is 45.3 Å². The van der Waals surface area contributed by atoms with E-state index in [4.69, 9.17) is 0 Å². The van der Waals surface area contributed by atoms with E-state index in [1.165, 1.54) is 153 Å². The maximum Gasteiger partial charge on any atom is 0.0542 e. The first kappa shape index (κ1) is 78.4. The third-order valence-corrected chi connectivity index (χ3v) is 27.1. The molecule has 0 saturated heterocycles. The van der Waals surface area contributed by atoms with Crippen LogP contribution in [0.1, 0.15) is 211 Å². The summed E-state index contributed by atoms with van der Waals surface area (Å²) in [4.78, 5) is 0. The molecule has 122 heavy (non-hydrogen) atoms. The molecule has 6 heterocycles. The summed E-state index contributed by atoms with van der Waals surface area (Å²) >= 11 is 0. The van der Waals surface area contributed by atoms with E-state index < -0.39 is 0 Å². The van der Waals surface area contributed by atoms with Gasteiger partial charge in [-0.1, -0.05) is 239 Å². The summed E-state index contributed by atoms with van der Waals surface area (Å²) in [6.07, 6.45) is 0. The lowest BCUT2D eigenvalue weighted by molar-refractivity contribution is 0.590. The molecule has 0 radical (unpaired) electrons. The SMILES string of the molecule is CC(C)(C)c1ccc2c(c1)c1cc(C(C)(C)C)ccc1n2-c1ccc2c(c1)c1cc(-n3c4ccc(C(C)(C)C)cc4c4cc(C(C)(C)C)ccc43)ccc1n2-c1ccc(-c2ccc(-n3c4ccc(-n5c6ccc(C(C)(C)C)cc6c6cc(C(C)(C)C)ccc65)cc4c4cc(-n5c6ccc(C(C)(C)C)cc6c6cc(C(C)(C)C)ccc65)ccc43)cc2)cc1. The molecule has 0 fully saturated rings. The summed E-state index contributed by atoms with van der Waals surface area (Å²) in [5, 5.41) is 15.0. The number of rotatable bonds is 7. The van der Waals surface area contributed by atoms with Crippen LogP contribution in [0, 0.1) is 0 Å². The van der Waals surface area contributed by atoms with Crippen molar-refractivity contribution in [1.29, 1.82) is 0 Å². The van der Waals surface area contributed by atoms with Gasteiger partial charge in [0.25, 0.3) is 0 Å². The molecule has 0 spiro atoms. The lowest BCUT2D eigenvalue weighted by Crippen LogP contribution is -2.10. The molecule has 0 aliphatic heterocycles. The van der Waals surface area contributed by atoms with Crippen LogP contribution < -0.4 is 0 Å². The maximum absolute atomic E-state index is 2.52. The van der Waals surface area contributed by atoms with E-state index in [-0.39, 0.29) is 43.3 Å². The van der Waals surface area contributed by atoms with Crippen LogP contribution in [0.25, 0.3) is 176 Å². The van der Waals surface area contributed by atoms with Gasteiger partial charge in [0, 0.05) is 98.8 Å². The van der Waals surface area contributed by atoms with Crippen LogP contribution in [0.3, 0.4) is 0 Å². The minimum atomic E-state index is -0.0152. The number of aromatic nitrogens is 6. The second-order valence-electron chi connectivity index (χ2n) is 43.8. The van der Waals surface area contributed by atoms with Crippen molar-refractivity contribution in [2.24, 2.45) is 0 Å². The average Bonchev–Trinajstić information content (AvgIpc) is 1.56. The molecule has 0 N–H and O–H groups in total. The lowest BCUT2D eigenvalue weighted by Gasteiger charge is -2.19. The first-order chi connectivity index (χ1) is 57.5. The highest BCUT2D eigenvalue weighted by atomic mass is 15.0. The van der Waals surface area contributed by atoms with E-state index in [1.54, 1.807) is 0 Å². The Morgan fingerprint density at radius 3 is 0.377 bits per heavy atom. The zero-order valence-electron chi connectivity index (χ0n) is 76.1. The molecule has 0 saturated carbocycles. The van der Waals surface area contributed by atoms with E-state index in [0.29, 0.717) is 0 Å². The fraction of sp³-hybridized carbons (Fsp3) is 0.276. The molecule has 0 unspecified atom stereocenters. The summed E-state index contributed by atoms with van der Waals surface area (Å²) < 4.78 is 15.1. The fourth-order valence-electron chi connectivity index (χ4n) is 19.7. The largest absolute Gasteiger partial charge is 0.309 e. The van der Waals surface area contributed by atoms with Gasteiger partial charge in [-0.15, -0.1) is 0 Å². The molecule has 0 aliphatic rings. The molecule has 0 amide bonds. The summed E-state index contributed by atoms with van der Waals surface area (Å²) in [5.74, 6) is 0. The first-order valence-electron chi connectivity index (χ1n) is 44.3. The standard InChI is InChI=1S/C116H116N6/c1-109(2,3)71-29-45-97-85(57-71)86-58-72(110(4,5)6)30-46-98(86)119(97)81-41-53-105-93(65-81)94-66-82(120-99-47-31-73(111(7,8)9)59-87(99)88-60-74(112(10,11)12)32-48-100(88)120)42-54-106(94)117(105)79-37-25-69(26-38-79)70-27-39-80(40-28-70)118-107-55-43-83(121-101-49-33-75(113(13,14)15)61-89(101)90-62-76(114(16,17)18)34-50-102(90)121)67-95(107)96-68-84(44-56-108(96)118)122-103-51-35-77(115(19,20)21)63-91(103)92-64-78(116(22,23)24)36-52-104(92)122/h25-68H,1-24H3. The van der Waals surface area contributed by atoms with Crippen molar-refractivity contribution >= 4 is 131 Å². The molecule has 6 nitrogen and oxygen atoms in total. The smallest absolute Gasteiger partial charge is 0.0542 e. The normalized spacial score (nSPS) is 13.4. The molecular weight excluding hydrogens is 1480 g/mol. The number of fused-ring (bicyclic) bond motifs is 18. The minimum Gasteiger partial charge on any atom is -0.309 e. The van der Waals surface area contributed by atoms with Crippen LogP contribution in [-0.4, -0.2) is 27.4 Å². The topological polar surface area (TPSA) is 29.6 Å². The van der Waals surface area contributed by atoms with Crippen molar-refractivity contribution in [3.05, 3.63) is 311 Å². The van der Waals surface area contributed by atoms with Gasteiger partial charge < -0.3 is 27.4 Å². The summed E-state index contributed by atoms with van der Waals surface area (Å²) in [6.45, 7) is 55.8. The van der Waals surface area contributed by atoms with Gasteiger partial charge >= 0.3 is 0 Å². The number of benzene rings is 14. The number of hydrogen-bond donors (Lipinski definition) is 0. The maximum atomic E-state index is 2.52. The lowest BCUT2D eigenvalue weighted by atomic mass is 9.85. The van der Waals surface area contributed by atoms with Crippen LogP contribution >= 0.6 is 0 Å². The van der Waals surface area contributed by atoms with E-state index in [2.05, 4.69) is 460 Å². The molecular formula is C116H116N6. The Bertz CT molecular complexity index is 6610. The van der Waals surface area contributed by atoms with Crippen molar-refractivity contribution in [2.75, 3.05) is 0 Å². The average molecular weight is 1590 g/mol. The van der Waals surface area contributed by atoms with Crippen LogP contribution in [-0.2, 0) is 43.3 Å². The van der Waals surface area contributed by atoms with Crippen LogP contribution in [0.5, 0.6) is 0 Å². The minimum absolute atomic E-state index is 0.0152. The van der Waals surface area contributed by atoms with Crippen LogP contribution in [0.2, 0.25) is 0 Å². The molecule has 0 atom stereocenters. The van der Waals surface area contributed by atoms with E-state index >= 15 is 0 Å². The van der Waals surface area contributed by atoms with Gasteiger partial charge in [0.15, 0.2) is 0 Å². The number of hydrogen-bond acceptors (Lipinski definition) is 0. The fourth-order valence-corrected chi connectivity index (χ4v) is 19.7. The van der Waals surface area contributed by atoms with Crippen molar-refractivity contribution in [3.63, 3.8) is 0 Å². The van der Waals surface area contributed by atoms with Gasteiger partial charge in [0.1, 0.15) is 0 Å². The Hall–Kier alpha value is -12.1. The van der Waals surface area contributed by atoms with Gasteiger partial charge in [-0.2, -0.15) is 0 Å². The Kier molecular flexibility index (Phi) is 17.2. The van der Waals surface area contributed by atoms with Gasteiger partial charge in [-0.05, 0) is 293 Å². The highest BCUT2D eigenvalue weighted by molar-refractivity contribution is 6.17. The van der Waals surface area contributed by atoms with Crippen molar-refractivity contribution in [1.82, 2.24) is 27.4 Å². The van der Waals surface area contributed by atoms with E-state index in [1.807, 2.05) is 0 Å². The first-order valence-corrected chi connectivity index (χ1v) is 44.3. The third-order valence-electron chi connectivity index (χ3n) is 27.1. The van der Waals surface area contributed by atoms with Gasteiger partial charge in [-0.3, -0.25) is 0 Å². The molecule has 14 aromatic carbocycles. The van der Waals surface area contributed by atoms with Crippen LogP contribution in [0.4, 0.5) is 0 Å². The highest BCUT2D eigenvalue weighted by Crippen LogP contribution is 2.48. The molecule has 6 heteroatoms. The second-order valence-corrected chi connectivity index (χ2v) is 43.8. The molecule has 20 rings (SSSR count). The van der Waals surface area contributed by atoms with Crippen molar-refractivity contribution in [2.45, 2.75) is 209 Å². The van der Waals surface area contributed by atoms with E-state index in [0.717, 1.165) is 67.3 Å². The molecule has 6 aromatic heterocycles. The molecule has 0 aliphatic carbocycles. The molecule has 20 aromatic rings. The Balaban J connectivity index is 0.742. The number of nitrogens with zero attached hydrogens (tertiary/aromatic N) is 6. The summed E-state index contributed by atoms with van der Waals surface area (Å²) in [6, 6.07) is 105. The Labute approximate surface area is 719 Å². The van der Waals surface area contributed by atoms with Gasteiger partial charge in [0.2, 0.25) is 0 Å². The molecule has 0 bridgehead atoms. The summed E-state index contributed by atoms with van der Waals surface area (Å²) in [5.41, 5.74) is 33.9. The summed E-state index contributed by atoms with van der Waals surface area (Å²) in [7, 11) is 0. The van der Waals surface area contributed by atoms with E-state index in [9.17, 15) is 0 Å². The predicted molar refractivity (Wildman–Crippen MR) is 528 cm³/mol. The van der Waals surface area contributed by atoms with Gasteiger partial charge in [-0.25, -0.2) is 0 Å². The zero-order chi connectivity index (χ0) is 85.7.